The first kappa shape index (κ1) is 14.0. The Balaban J connectivity index is 2.10. The molecule has 1 N–H and O–H groups in total. The van der Waals surface area contributed by atoms with Crippen LogP contribution < -0.4 is 0 Å². The Kier molecular flexibility index (Phi) is 3.78. The highest BCUT2D eigenvalue weighted by molar-refractivity contribution is 6.32. The number of hydrogen-bond donors (Lipinski definition) is 1. The van der Waals surface area contributed by atoms with Crippen LogP contribution in [-0.4, -0.2) is 30.1 Å². The molecule has 1 atom stereocenters. The van der Waals surface area contributed by atoms with Gasteiger partial charge in [-0.3, -0.25) is 0 Å². The molecular weight excluding hydrogens is 270 g/mol. The van der Waals surface area contributed by atoms with Gasteiger partial charge in [-0.2, -0.15) is 0 Å². The number of fused-ring (bicyclic) bond motifs is 1. The average molecular weight is 292 g/mol. The van der Waals surface area contributed by atoms with Crippen LogP contribution in [-0.2, 0) is 6.42 Å². The lowest BCUT2D eigenvalue weighted by molar-refractivity contribution is 0.335. The van der Waals surface area contributed by atoms with Crippen molar-refractivity contribution < 1.29 is 5.11 Å². The van der Waals surface area contributed by atoms with Crippen molar-refractivity contribution in [2.45, 2.75) is 38.5 Å². The van der Waals surface area contributed by atoms with Crippen LogP contribution in [0.1, 0.15) is 43.2 Å². The second-order valence-corrected chi connectivity index (χ2v) is 6.63. The number of phenols is 1. The predicted octanol–water partition coefficient (Wildman–Crippen LogP) is 4.12. The van der Waals surface area contributed by atoms with Crippen molar-refractivity contribution in [2.75, 3.05) is 20.1 Å². The SMILES string of the molecule is CC1=C([C@@H]2CN(C)CCc3cc(Cl)c(O)cc32)CCC1. The lowest BCUT2D eigenvalue weighted by Gasteiger charge is -2.24. The number of allylic oxidation sites excluding steroid dienone is 1. The maximum absolute atomic E-state index is 10.00. The molecule has 0 aromatic heterocycles. The van der Waals surface area contributed by atoms with E-state index >= 15 is 0 Å². The standard InChI is InChI=1S/C17H22ClNO/c1-11-4-3-5-13(11)15-10-19(2)7-6-12-8-16(18)17(20)9-14(12)15/h8-9,15,20H,3-7,10H2,1-2H3/t15-/m0/s1. The maximum Gasteiger partial charge on any atom is 0.134 e. The van der Waals surface area contributed by atoms with Gasteiger partial charge in [0, 0.05) is 19.0 Å². The van der Waals surface area contributed by atoms with Gasteiger partial charge in [-0.25, -0.2) is 0 Å². The zero-order valence-corrected chi connectivity index (χ0v) is 13.0. The van der Waals surface area contributed by atoms with Crippen molar-refractivity contribution in [3.63, 3.8) is 0 Å². The van der Waals surface area contributed by atoms with E-state index in [2.05, 4.69) is 18.9 Å². The third kappa shape index (κ3) is 2.47. The first-order valence-electron chi connectivity index (χ1n) is 7.44. The highest BCUT2D eigenvalue weighted by atomic mass is 35.5. The Morgan fingerprint density at radius 3 is 2.75 bits per heavy atom. The Morgan fingerprint density at radius 1 is 1.25 bits per heavy atom. The topological polar surface area (TPSA) is 23.5 Å². The minimum atomic E-state index is 0.219. The van der Waals surface area contributed by atoms with E-state index in [-0.39, 0.29) is 5.75 Å². The van der Waals surface area contributed by atoms with Gasteiger partial charge >= 0.3 is 0 Å². The molecule has 1 heterocycles. The number of hydrogen-bond acceptors (Lipinski definition) is 2. The van der Waals surface area contributed by atoms with Crippen molar-refractivity contribution in [3.05, 3.63) is 39.4 Å². The lowest BCUT2D eigenvalue weighted by atomic mass is 9.86. The number of benzene rings is 1. The van der Waals surface area contributed by atoms with Crippen molar-refractivity contribution in [1.82, 2.24) is 4.90 Å². The molecule has 0 bridgehead atoms. The Morgan fingerprint density at radius 2 is 2.05 bits per heavy atom. The van der Waals surface area contributed by atoms with E-state index in [1.54, 1.807) is 11.1 Å². The minimum Gasteiger partial charge on any atom is -0.506 e. The molecule has 1 aromatic rings. The first-order chi connectivity index (χ1) is 9.56. The fourth-order valence-corrected chi connectivity index (χ4v) is 3.85. The number of phenolic OH excluding ortho intramolecular Hbond substituents is 1. The molecule has 0 radical (unpaired) electrons. The summed E-state index contributed by atoms with van der Waals surface area (Å²) in [6, 6.07) is 3.86. The van der Waals surface area contributed by atoms with Crippen molar-refractivity contribution in [2.24, 2.45) is 0 Å². The molecule has 108 valence electrons. The monoisotopic (exact) mass is 291 g/mol. The average Bonchev–Trinajstić information content (AvgIpc) is 2.76. The normalized spacial score (nSPS) is 23.9. The summed E-state index contributed by atoms with van der Waals surface area (Å²) >= 11 is 6.10. The van der Waals surface area contributed by atoms with E-state index in [4.69, 9.17) is 11.6 Å². The molecule has 20 heavy (non-hydrogen) atoms. The summed E-state index contributed by atoms with van der Waals surface area (Å²) < 4.78 is 0. The van der Waals surface area contributed by atoms with Gasteiger partial charge in [-0.15, -0.1) is 0 Å². The van der Waals surface area contributed by atoms with E-state index < -0.39 is 0 Å². The van der Waals surface area contributed by atoms with E-state index in [9.17, 15) is 5.11 Å². The molecule has 0 fully saturated rings. The summed E-state index contributed by atoms with van der Waals surface area (Å²) in [6.07, 6.45) is 4.71. The molecule has 0 spiro atoms. The molecule has 2 aliphatic rings. The number of nitrogens with zero attached hydrogens (tertiary/aromatic N) is 1. The van der Waals surface area contributed by atoms with Crippen LogP contribution in [0.25, 0.3) is 0 Å². The minimum absolute atomic E-state index is 0.219. The molecule has 1 aromatic carbocycles. The predicted molar refractivity (Wildman–Crippen MR) is 83.6 cm³/mol. The van der Waals surface area contributed by atoms with Crippen molar-refractivity contribution in [1.29, 1.82) is 0 Å². The molecule has 3 rings (SSSR count). The zero-order valence-electron chi connectivity index (χ0n) is 12.2. The molecule has 3 heteroatoms. The number of aromatic hydroxyl groups is 1. The van der Waals surface area contributed by atoms with Crippen molar-refractivity contribution >= 4 is 11.6 Å². The lowest BCUT2D eigenvalue weighted by Crippen LogP contribution is -2.24. The van der Waals surface area contributed by atoms with Gasteiger partial charge in [-0.1, -0.05) is 22.7 Å². The summed E-state index contributed by atoms with van der Waals surface area (Å²) in [5, 5.41) is 10.5. The zero-order chi connectivity index (χ0) is 14.3. The fraction of sp³-hybridized carbons (Fsp3) is 0.529. The Labute approximate surface area is 126 Å². The summed E-state index contributed by atoms with van der Waals surface area (Å²) in [5.74, 6) is 0.638. The molecule has 0 amide bonds. The second-order valence-electron chi connectivity index (χ2n) is 6.23. The summed E-state index contributed by atoms with van der Waals surface area (Å²) in [5.41, 5.74) is 5.72. The fourth-order valence-electron chi connectivity index (χ4n) is 3.66. The third-order valence-corrected chi connectivity index (χ3v) is 5.11. The molecule has 0 saturated heterocycles. The highest BCUT2D eigenvalue weighted by Crippen LogP contribution is 2.42. The van der Waals surface area contributed by atoms with E-state index in [1.807, 2.05) is 12.1 Å². The summed E-state index contributed by atoms with van der Waals surface area (Å²) in [7, 11) is 2.19. The summed E-state index contributed by atoms with van der Waals surface area (Å²) in [6.45, 7) is 4.36. The van der Waals surface area contributed by atoms with Crippen LogP contribution >= 0.6 is 11.6 Å². The quantitative estimate of drug-likeness (QED) is 0.787. The molecule has 0 saturated carbocycles. The van der Waals surface area contributed by atoms with Crippen LogP contribution in [0.4, 0.5) is 0 Å². The van der Waals surface area contributed by atoms with Crippen LogP contribution in [0.2, 0.25) is 5.02 Å². The third-order valence-electron chi connectivity index (χ3n) is 4.81. The van der Waals surface area contributed by atoms with Gasteiger partial charge in [-0.05, 0) is 62.9 Å². The number of halogens is 1. The van der Waals surface area contributed by atoms with Crippen LogP contribution in [0, 0.1) is 0 Å². The number of likely N-dealkylation sites (N-methyl/N-ethyl adjacent to an activating group) is 1. The van der Waals surface area contributed by atoms with Crippen LogP contribution in [0.15, 0.2) is 23.3 Å². The van der Waals surface area contributed by atoms with Gasteiger partial charge in [0.1, 0.15) is 5.75 Å². The highest BCUT2D eigenvalue weighted by Gasteiger charge is 2.28. The Hall–Kier alpha value is -0.990. The number of rotatable bonds is 1. The molecule has 2 nitrogen and oxygen atoms in total. The van der Waals surface area contributed by atoms with Gasteiger partial charge in [0.25, 0.3) is 0 Å². The van der Waals surface area contributed by atoms with Gasteiger partial charge in [0.05, 0.1) is 5.02 Å². The molecule has 0 unspecified atom stereocenters. The second kappa shape index (κ2) is 5.42. The largest absolute Gasteiger partial charge is 0.506 e. The first-order valence-corrected chi connectivity index (χ1v) is 7.82. The smallest absolute Gasteiger partial charge is 0.134 e. The van der Waals surface area contributed by atoms with Gasteiger partial charge < -0.3 is 10.0 Å². The Bertz CT molecular complexity index is 564. The van der Waals surface area contributed by atoms with Crippen LogP contribution in [0.3, 0.4) is 0 Å². The van der Waals surface area contributed by atoms with Crippen LogP contribution in [0.5, 0.6) is 5.75 Å². The van der Waals surface area contributed by atoms with E-state index in [1.165, 1.54) is 30.4 Å². The summed E-state index contributed by atoms with van der Waals surface area (Å²) in [4.78, 5) is 2.40. The van der Waals surface area contributed by atoms with Crippen molar-refractivity contribution in [3.8, 4) is 5.75 Å². The maximum atomic E-state index is 10.00. The van der Waals surface area contributed by atoms with E-state index in [0.717, 1.165) is 19.5 Å². The molecular formula is C17H22ClNO. The molecule has 1 aliphatic carbocycles. The van der Waals surface area contributed by atoms with Gasteiger partial charge in [0.15, 0.2) is 0 Å². The van der Waals surface area contributed by atoms with E-state index in [0.29, 0.717) is 10.9 Å². The molecule has 1 aliphatic heterocycles. The van der Waals surface area contributed by atoms with Gasteiger partial charge in [0.2, 0.25) is 0 Å².